The maximum Gasteiger partial charge on any atom is 0.351 e. The van der Waals surface area contributed by atoms with E-state index in [0.29, 0.717) is 11.5 Å². The van der Waals surface area contributed by atoms with E-state index in [1.54, 1.807) is 24.3 Å². The fourth-order valence-electron chi connectivity index (χ4n) is 2.32. The summed E-state index contributed by atoms with van der Waals surface area (Å²) in [5, 5.41) is 13.5. The number of ether oxygens (including phenoxy) is 3. The number of nitrogens with one attached hydrogen (secondary N) is 1. The number of esters is 1. The molecule has 10 heteroatoms. The van der Waals surface area contributed by atoms with Crippen molar-refractivity contribution in [1.82, 2.24) is 0 Å². The van der Waals surface area contributed by atoms with Crippen LogP contribution < -0.4 is 14.8 Å². The van der Waals surface area contributed by atoms with E-state index in [4.69, 9.17) is 25.8 Å². The Morgan fingerprint density at radius 2 is 2.00 bits per heavy atom. The number of amides is 1. The second-order valence-corrected chi connectivity index (χ2v) is 5.88. The van der Waals surface area contributed by atoms with Gasteiger partial charge in [0.05, 0.1) is 4.92 Å². The van der Waals surface area contributed by atoms with E-state index in [1.807, 2.05) is 0 Å². The Kier molecular flexibility index (Phi) is 5.41. The van der Waals surface area contributed by atoms with Crippen molar-refractivity contribution >= 4 is 34.9 Å². The summed E-state index contributed by atoms with van der Waals surface area (Å²) < 4.78 is 15.8. The fraction of sp³-hybridized carbons (Fsp3) is 0.176. The highest BCUT2D eigenvalue weighted by Gasteiger charge is 2.29. The first-order chi connectivity index (χ1) is 12.9. The maximum atomic E-state index is 12.1. The molecule has 0 radical (unpaired) electrons. The Labute approximate surface area is 157 Å². The highest BCUT2D eigenvalue weighted by Crippen LogP contribution is 2.31. The molecule has 0 unspecified atom stereocenters. The van der Waals surface area contributed by atoms with Crippen LogP contribution in [0.15, 0.2) is 42.5 Å². The highest BCUT2D eigenvalue weighted by atomic mass is 35.5. The van der Waals surface area contributed by atoms with Crippen molar-refractivity contribution in [3.05, 3.63) is 57.6 Å². The molecule has 1 heterocycles. The topological polar surface area (TPSA) is 117 Å². The second kappa shape index (κ2) is 7.92. The Hall–Kier alpha value is -3.33. The summed E-state index contributed by atoms with van der Waals surface area (Å²) >= 11 is 5.79. The van der Waals surface area contributed by atoms with Crippen molar-refractivity contribution in [2.24, 2.45) is 0 Å². The first-order valence-corrected chi connectivity index (χ1v) is 8.11. The van der Waals surface area contributed by atoms with Gasteiger partial charge >= 0.3 is 5.97 Å². The number of benzene rings is 2. The molecule has 1 N–H and O–H groups in total. The van der Waals surface area contributed by atoms with Crippen molar-refractivity contribution in [2.75, 3.05) is 18.5 Å². The average molecular weight is 393 g/mol. The number of halogens is 1. The molecule has 0 saturated carbocycles. The molecule has 0 bridgehead atoms. The van der Waals surface area contributed by atoms with E-state index < -0.39 is 29.5 Å². The third kappa shape index (κ3) is 4.45. The van der Waals surface area contributed by atoms with Gasteiger partial charge in [-0.3, -0.25) is 14.9 Å². The van der Waals surface area contributed by atoms with Crippen molar-refractivity contribution in [2.45, 2.75) is 6.10 Å². The van der Waals surface area contributed by atoms with E-state index in [1.165, 1.54) is 12.1 Å². The van der Waals surface area contributed by atoms with Gasteiger partial charge in [0.15, 0.2) is 18.1 Å². The number of carbonyl (C=O) groups is 2. The second-order valence-electron chi connectivity index (χ2n) is 5.44. The van der Waals surface area contributed by atoms with E-state index in [0.717, 1.165) is 6.07 Å². The minimum Gasteiger partial charge on any atom is -0.485 e. The molecule has 27 heavy (non-hydrogen) atoms. The van der Waals surface area contributed by atoms with Crippen LogP contribution in [0.4, 0.5) is 11.4 Å². The molecule has 3 rings (SSSR count). The third-order valence-corrected chi connectivity index (χ3v) is 3.78. The van der Waals surface area contributed by atoms with Crippen LogP contribution in [0, 0.1) is 10.1 Å². The largest absolute Gasteiger partial charge is 0.485 e. The number of anilines is 1. The van der Waals surface area contributed by atoms with Gasteiger partial charge in [-0.15, -0.1) is 0 Å². The summed E-state index contributed by atoms with van der Waals surface area (Å²) in [6, 6.07) is 10.5. The number of carbonyl (C=O) groups excluding carboxylic acids is 2. The first-order valence-electron chi connectivity index (χ1n) is 7.73. The molecule has 140 valence electrons. The van der Waals surface area contributed by atoms with Gasteiger partial charge in [0, 0.05) is 11.1 Å². The van der Waals surface area contributed by atoms with Gasteiger partial charge in [-0.25, -0.2) is 4.79 Å². The van der Waals surface area contributed by atoms with Crippen LogP contribution in [0.5, 0.6) is 11.5 Å². The molecule has 1 amide bonds. The van der Waals surface area contributed by atoms with Crippen LogP contribution >= 0.6 is 11.6 Å². The molecule has 1 atom stereocenters. The molecule has 1 aliphatic heterocycles. The van der Waals surface area contributed by atoms with E-state index >= 15 is 0 Å². The summed E-state index contributed by atoms with van der Waals surface area (Å²) in [5.74, 6) is -0.650. The third-order valence-electron chi connectivity index (χ3n) is 3.55. The van der Waals surface area contributed by atoms with Crippen molar-refractivity contribution in [1.29, 1.82) is 0 Å². The summed E-state index contributed by atoms with van der Waals surface area (Å²) in [7, 11) is 0. The predicted molar refractivity (Wildman–Crippen MR) is 94.0 cm³/mol. The van der Waals surface area contributed by atoms with Gasteiger partial charge in [0.2, 0.25) is 6.10 Å². The Balaban J connectivity index is 1.56. The normalized spacial score (nSPS) is 14.9. The zero-order valence-electron chi connectivity index (χ0n) is 13.7. The van der Waals surface area contributed by atoms with Crippen molar-refractivity contribution < 1.29 is 28.7 Å². The van der Waals surface area contributed by atoms with Gasteiger partial charge in [-0.1, -0.05) is 23.7 Å². The smallest absolute Gasteiger partial charge is 0.351 e. The van der Waals surface area contributed by atoms with Crippen molar-refractivity contribution in [3.8, 4) is 11.5 Å². The van der Waals surface area contributed by atoms with Crippen LogP contribution in [-0.4, -0.2) is 36.1 Å². The van der Waals surface area contributed by atoms with E-state index in [9.17, 15) is 19.7 Å². The lowest BCUT2D eigenvalue weighted by Crippen LogP contribution is -2.39. The summed E-state index contributed by atoms with van der Waals surface area (Å²) in [6.07, 6.45) is -1.02. The van der Waals surface area contributed by atoms with Gasteiger partial charge in [0.1, 0.15) is 12.3 Å². The molecule has 1 aliphatic rings. The lowest BCUT2D eigenvalue weighted by Gasteiger charge is -2.24. The standard InChI is InChI=1S/C17H13ClN2O7/c18-10-5-6-12(20(23)24)11(7-10)19-16(21)9-26-17(22)15-8-25-13-3-1-2-4-14(13)27-15/h1-7,15H,8-9H2,(H,19,21)/t15-/m1/s1. The van der Waals surface area contributed by atoms with E-state index in [2.05, 4.69) is 5.32 Å². The molecule has 2 aromatic rings. The predicted octanol–water partition coefficient (Wildman–Crippen LogP) is 2.57. The highest BCUT2D eigenvalue weighted by molar-refractivity contribution is 6.31. The number of fused-ring (bicyclic) bond motifs is 1. The number of hydrogen-bond donors (Lipinski definition) is 1. The summed E-state index contributed by atoms with van der Waals surface area (Å²) in [5.41, 5.74) is -0.431. The number of nitro groups is 1. The molecule has 9 nitrogen and oxygen atoms in total. The van der Waals surface area contributed by atoms with Gasteiger partial charge in [-0.2, -0.15) is 0 Å². The Morgan fingerprint density at radius 3 is 2.74 bits per heavy atom. The lowest BCUT2D eigenvalue weighted by atomic mass is 10.2. The summed E-state index contributed by atoms with van der Waals surface area (Å²) in [6.45, 7) is -0.707. The molecule has 0 saturated heterocycles. The molecule has 0 aromatic heterocycles. The average Bonchev–Trinajstić information content (AvgIpc) is 2.65. The maximum absolute atomic E-state index is 12.1. The number of para-hydroxylation sites is 2. The number of nitro benzene ring substituents is 1. The van der Waals surface area contributed by atoms with Crippen molar-refractivity contribution in [3.63, 3.8) is 0 Å². The number of hydrogen-bond acceptors (Lipinski definition) is 7. The van der Waals surface area contributed by atoms with Crippen LogP contribution in [0.3, 0.4) is 0 Å². The zero-order valence-corrected chi connectivity index (χ0v) is 14.5. The minimum absolute atomic E-state index is 0.0583. The van der Waals surface area contributed by atoms with Crippen LogP contribution in [0.1, 0.15) is 0 Å². The Morgan fingerprint density at radius 1 is 1.26 bits per heavy atom. The molecule has 2 aromatic carbocycles. The summed E-state index contributed by atoms with van der Waals surface area (Å²) in [4.78, 5) is 34.3. The Bertz CT molecular complexity index is 903. The van der Waals surface area contributed by atoms with E-state index in [-0.39, 0.29) is 23.0 Å². The quantitative estimate of drug-likeness (QED) is 0.472. The van der Waals surface area contributed by atoms with Gasteiger partial charge in [0.25, 0.3) is 11.6 Å². The molecule has 0 aliphatic carbocycles. The first kappa shape index (κ1) is 18.5. The van der Waals surface area contributed by atoms with Gasteiger partial charge in [-0.05, 0) is 24.3 Å². The minimum atomic E-state index is -1.02. The lowest BCUT2D eigenvalue weighted by molar-refractivity contribution is -0.383. The molecular formula is C17H13ClN2O7. The SMILES string of the molecule is O=C(COC(=O)[C@H]1COc2ccccc2O1)Nc1cc(Cl)ccc1[N+](=O)[O-]. The fourth-order valence-corrected chi connectivity index (χ4v) is 2.49. The number of rotatable bonds is 5. The monoisotopic (exact) mass is 392 g/mol. The zero-order chi connectivity index (χ0) is 19.4. The molecular weight excluding hydrogens is 380 g/mol. The van der Waals surface area contributed by atoms with Crippen LogP contribution in [-0.2, 0) is 14.3 Å². The van der Waals surface area contributed by atoms with Gasteiger partial charge < -0.3 is 19.5 Å². The van der Waals surface area contributed by atoms with Crippen LogP contribution in [0.25, 0.3) is 0 Å². The molecule has 0 fully saturated rings. The van der Waals surface area contributed by atoms with Crippen LogP contribution in [0.2, 0.25) is 5.02 Å². The number of nitrogens with zero attached hydrogens (tertiary/aromatic N) is 1. The molecule has 0 spiro atoms.